The maximum atomic E-state index is 11.5. The first kappa shape index (κ1) is 14.8. The molecule has 20 heavy (non-hydrogen) atoms. The summed E-state index contributed by atoms with van der Waals surface area (Å²) in [4.78, 5) is 33.4. The predicted octanol–water partition coefficient (Wildman–Crippen LogP) is 1.07. The van der Waals surface area contributed by atoms with Crippen molar-refractivity contribution in [2.75, 3.05) is 19.8 Å². The number of carbonyl (C=O) groups excluding carboxylic acids is 3. The Morgan fingerprint density at radius 2 is 1.45 bits per heavy atom. The second-order valence-electron chi connectivity index (χ2n) is 5.98. The van der Waals surface area contributed by atoms with E-state index in [4.69, 9.17) is 14.2 Å². The Balaban J connectivity index is 1.79. The summed E-state index contributed by atoms with van der Waals surface area (Å²) in [6.07, 6.45) is 3.49. The molecule has 0 radical (unpaired) electrons. The van der Waals surface area contributed by atoms with Crippen molar-refractivity contribution in [2.45, 2.75) is 32.6 Å². The first-order valence-electron chi connectivity index (χ1n) is 6.92. The summed E-state index contributed by atoms with van der Waals surface area (Å²) in [5, 5.41) is 0. The molecule has 2 fully saturated rings. The first-order chi connectivity index (χ1) is 9.54. The molecule has 112 valence electrons. The van der Waals surface area contributed by atoms with Crippen molar-refractivity contribution >= 4 is 18.4 Å². The zero-order valence-corrected chi connectivity index (χ0v) is 11.6. The lowest BCUT2D eigenvalue weighted by molar-refractivity contribution is -0.158. The third kappa shape index (κ3) is 4.51. The van der Waals surface area contributed by atoms with Gasteiger partial charge in [-0.25, -0.2) is 0 Å². The van der Waals surface area contributed by atoms with E-state index < -0.39 is 5.41 Å². The van der Waals surface area contributed by atoms with Gasteiger partial charge in [0, 0.05) is 0 Å². The number of hydrogen-bond donors (Lipinski definition) is 0. The molecule has 2 aliphatic rings. The maximum Gasteiger partial charge on any atom is 0.308 e. The Labute approximate surface area is 117 Å². The molecule has 2 saturated carbocycles. The number of hydrogen-bond acceptors (Lipinski definition) is 6. The molecule has 6 nitrogen and oxygen atoms in total. The normalized spacial score (nSPS) is 18.2. The van der Waals surface area contributed by atoms with Gasteiger partial charge in [0.25, 0.3) is 6.47 Å². The lowest BCUT2D eigenvalue weighted by atomic mass is 9.94. The number of esters is 2. The lowest BCUT2D eigenvalue weighted by Crippen LogP contribution is -2.36. The van der Waals surface area contributed by atoms with E-state index in [-0.39, 0.29) is 43.6 Å². The third-order valence-electron chi connectivity index (χ3n) is 3.45. The van der Waals surface area contributed by atoms with Crippen molar-refractivity contribution in [3.8, 4) is 0 Å². The van der Waals surface area contributed by atoms with Gasteiger partial charge in [-0.2, -0.15) is 0 Å². The van der Waals surface area contributed by atoms with Crippen LogP contribution in [-0.4, -0.2) is 38.2 Å². The average molecular weight is 284 g/mol. The van der Waals surface area contributed by atoms with E-state index in [2.05, 4.69) is 0 Å². The van der Waals surface area contributed by atoms with E-state index in [0.717, 1.165) is 25.7 Å². The van der Waals surface area contributed by atoms with Crippen molar-refractivity contribution in [3.63, 3.8) is 0 Å². The predicted molar refractivity (Wildman–Crippen MR) is 67.5 cm³/mol. The summed E-state index contributed by atoms with van der Waals surface area (Å²) in [5.74, 6) is -0.424. The molecule has 0 heterocycles. The van der Waals surface area contributed by atoms with Crippen molar-refractivity contribution < 1.29 is 28.6 Å². The largest absolute Gasteiger partial charge is 0.467 e. The van der Waals surface area contributed by atoms with E-state index in [1.165, 1.54) is 0 Å². The SMILES string of the molecule is CC(COC=O)(COC(=O)C1CC1)COC(=O)C1CC1. The second-order valence-corrected chi connectivity index (χ2v) is 5.98. The molecule has 6 heteroatoms. The standard InChI is InChI=1S/C14H20O6/c1-14(6-18-9-15,7-19-12(16)10-2-3-10)8-20-13(17)11-4-5-11/h9-11H,2-8H2,1H3. The van der Waals surface area contributed by atoms with Crippen LogP contribution < -0.4 is 0 Å². The molecule has 0 bridgehead atoms. The van der Waals surface area contributed by atoms with Crippen LogP contribution in [0.15, 0.2) is 0 Å². The van der Waals surface area contributed by atoms with Crippen LogP contribution in [0.1, 0.15) is 32.6 Å². The zero-order chi connectivity index (χ0) is 14.6. The minimum atomic E-state index is -0.698. The van der Waals surface area contributed by atoms with Crippen LogP contribution >= 0.6 is 0 Å². The van der Waals surface area contributed by atoms with Crippen LogP contribution in [0.25, 0.3) is 0 Å². The molecule has 2 rings (SSSR count). The van der Waals surface area contributed by atoms with Crippen LogP contribution in [0.5, 0.6) is 0 Å². The summed E-state index contributed by atoms with van der Waals surface area (Å²) in [5.41, 5.74) is -0.698. The van der Waals surface area contributed by atoms with Gasteiger partial charge in [0.15, 0.2) is 0 Å². The molecule has 0 aromatic rings. The Kier molecular flexibility index (Phi) is 4.62. The van der Waals surface area contributed by atoms with Crippen LogP contribution in [0.2, 0.25) is 0 Å². The number of rotatable bonds is 9. The van der Waals surface area contributed by atoms with E-state index in [1.54, 1.807) is 6.92 Å². The summed E-state index contributed by atoms with van der Waals surface area (Å²) >= 11 is 0. The molecule has 0 atom stereocenters. The van der Waals surface area contributed by atoms with E-state index >= 15 is 0 Å². The van der Waals surface area contributed by atoms with Gasteiger partial charge >= 0.3 is 11.9 Å². The third-order valence-corrected chi connectivity index (χ3v) is 3.45. The highest BCUT2D eigenvalue weighted by atomic mass is 16.6. The fraction of sp³-hybridized carbons (Fsp3) is 0.786. The summed E-state index contributed by atoms with van der Waals surface area (Å²) in [6.45, 7) is 2.30. The highest BCUT2D eigenvalue weighted by Crippen LogP contribution is 2.32. The van der Waals surface area contributed by atoms with Crippen molar-refractivity contribution in [2.24, 2.45) is 17.3 Å². The lowest BCUT2D eigenvalue weighted by Gasteiger charge is -2.27. The summed E-state index contributed by atoms with van der Waals surface area (Å²) in [7, 11) is 0. The molecule has 0 unspecified atom stereocenters. The topological polar surface area (TPSA) is 78.9 Å². The maximum absolute atomic E-state index is 11.5. The van der Waals surface area contributed by atoms with Crippen molar-refractivity contribution in [1.29, 1.82) is 0 Å². The Morgan fingerprint density at radius 3 is 1.80 bits per heavy atom. The minimum absolute atomic E-state index is 0.0141. The van der Waals surface area contributed by atoms with Gasteiger partial charge in [0.05, 0.1) is 17.3 Å². The fourth-order valence-electron chi connectivity index (χ4n) is 1.72. The van der Waals surface area contributed by atoms with Crippen LogP contribution in [0, 0.1) is 17.3 Å². The Morgan fingerprint density at radius 1 is 1.00 bits per heavy atom. The van der Waals surface area contributed by atoms with Crippen molar-refractivity contribution in [1.82, 2.24) is 0 Å². The van der Waals surface area contributed by atoms with Gasteiger partial charge < -0.3 is 14.2 Å². The molecule has 0 aromatic heterocycles. The van der Waals surface area contributed by atoms with Gasteiger partial charge in [0.1, 0.15) is 19.8 Å². The molecule has 0 amide bonds. The quantitative estimate of drug-likeness (QED) is 0.358. The molecule has 2 aliphatic carbocycles. The molecule has 0 aromatic carbocycles. The first-order valence-corrected chi connectivity index (χ1v) is 6.92. The monoisotopic (exact) mass is 284 g/mol. The summed E-state index contributed by atoms with van der Waals surface area (Å²) < 4.78 is 15.2. The minimum Gasteiger partial charge on any atom is -0.467 e. The fourth-order valence-corrected chi connectivity index (χ4v) is 1.72. The molecule has 0 N–H and O–H groups in total. The van der Waals surface area contributed by atoms with E-state index in [0.29, 0.717) is 6.47 Å². The number of carbonyl (C=O) groups is 3. The average Bonchev–Trinajstić information content (AvgIpc) is 3.31. The van der Waals surface area contributed by atoms with Crippen LogP contribution in [-0.2, 0) is 28.6 Å². The zero-order valence-electron chi connectivity index (χ0n) is 11.6. The number of ether oxygens (including phenoxy) is 3. The second kappa shape index (κ2) is 6.24. The molecular weight excluding hydrogens is 264 g/mol. The van der Waals surface area contributed by atoms with Gasteiger partial charge in [-0.1, -0.05) is 0 Å². The Bertz CT molecular complexity index is 355. The van der Waals surface area contributed by atoms with E-state index in [1.807, 2.05) is 0 Å². The van der Waals surface area contributed by atoms with Gasteiger partial charge in [-0.15, -0.1) is 0 Å². The van der Waals surface area contributed by atoms with Gasteiger partial charge in [0.2, 0.25) is 0 Å². The molecule has 0 aliphatic heterocycles. The highest BCUT2D eigenvalue weighted by Gasteiger charge is 2.37. The Hall–Kier alpha value is -1.59. The summed E-state index contributed by atoms with van der Waals surface area (Å²) in [6, 6.07) is 0. The highest BCUT2D eigenvalue weighted by molar-refractivity contribution is 5.75. The van der Waals surface area contributed by atoms with Crippen molar-refractivity contribution in [3.05, 3.63) is 0 Å². The van der Waals surface area contributed by atoms with Crippen LogP contribution in [0.4, 0.5) is 0 Å². The van der Waals surface area contributed by atoms with Crippen LogP contribution in [0.3, 0.4) is 0 Å². The van der Waals surface area contributed by atoms with Gasteiger partial charge in [-0.3, -0.25) is 14.4 Å². The molecule has 0 spiro atoms. The molecule has 0 saturated heterocycles. The molecular formula is C14H20O6. The van der Waals surface area contributed by atoms with E-state index in [9.17, 15) is 14.4 Å². The smallest absolute Gasteiger partial charge is 0.308 e. The van der Waals surface area contributed by atoms with Gasteiger partial charge in [-0.05, 0) is 32.6 Å².